The lowest BCUT2D eigenvalue weighted by molar-refractivity contribution is 0.415. The van der Waals surface area contributed by atoms with Crippen LogP contribution in [0.5, 0.6) is 5.75 Å². The third kappa shape index (κ3) is 4.60. The van der Waals surface area contributed by atoms with E-state index in [1.807, 2.05) is 30.3 Å². The zero-order valence-corrected chi connectivity index (χ0v) is 11.2. The van der Waals surface area contributed by atoms with Crippen LogP contribution in [0.2, 0.25) is 0 Å². The molecule has 0 heterocycles. The molecule has 0 saturated carbocycles. The average Bonchev–Trinajstić information content (AvgIpc) is 2.49. The number of methoxy groups -OCH3 is 1. The van der Waals surface area contributed by atoms with E-state index in [1.54, 1.807) is 7.11 Å². The van der Waals surface area contributed by atoms with Crippen LogP contribution in [0.15, 0.2) is 60.7 Å². The molecule has 0 atom stereocenters. The van der Waals surface area contributed by atoms with Crippen LogP contribution in [0.3, 0.4) is 0 Å². The van der Waals surface area contributed by atoms with Crippen LogP contribution in [0.25, 0.3) is 6.08 Å². The van der Waals surface area contributed by atoms with E-state index in [0.717, 1.165) is 18.8 Å². The summed E-state index contributed by atoms with van der Waals surface area (Å²) in [7, 11) is 1.68. The van der Waals surface area contributed by atoms with Crippen molar-refractivity contribution in [1.29, 1.82) is 0 Å². The van der Waals surface area contributed by atoms with E-state index in [0.29, 0.717) is 0 Å². The molecule has 2 rings (SSSR count). The highest BCUT2D eigenvalue weighted by molar-refractivity contribution is 5.50. The van der Waals surface area contributed by atoms with E-state index in [4.69, 9.17) is 4.74 Å². The van der Waals surface area contributed by atoms with Gasteiger partial charge in [0.2, 0.25) is 0 Å². The predicted molar refractivity (Wildman–Crippen MR) is 80.2 cm³/mol. The summed E-state index contributed by atoms with van der Waals surface area (Å²) in [6.07, 6.45) is 4.24. The first-order valence-corrected chi connectivity index (χ1v) is 6.44. The second kappa shape index (κ2) is 7.39. The Labute approximate surface area is 114 Å². The van der Waals surface area contributed by atoms with Crippen molar-refractivity contribution >= 4 is 6.08 Å². The fourth-order valence-corrected chi connectivity index (χ4v) is 1.81. The Morgan fingerprint density at radius 1 is 1.00 bits per heavy atom. The summed E-state index contributed by atoms with van der Waals surface area (Å²) in [5.74, 6) is 0.888. The van der Waals surface area contributed by atoms with Crippen LogP contribution >= 0.6 is 0 Å². The fourth-order valence-electron chi connectivity index (χ4n) is 1.81. The third-order valence-electron chi connectivity index (χ3n) is 2.86. The molecule has 0 aliphatic rings. The number of hydrogen-bond donors (Lipinski definition) is 1. The summed E-state index contributed by atoms with van der Waals surface area (Å²) >= 11 is 0. The highest BCUT2D eigenvalue weighted by Gasteiger charge is 1.90. The molecular weight excluding hydrogens is 234 g/mol. The van der Waals surface area contributed by atoms with E-state index in [-0.39, 0.29) is 0 Å². The maximum absolute atomic E-state index is 5.12. The van der Waals surface area contributed by atoms with Crippen molar-refractivity contribution < 1.29 is 4.74 Å². The van der Waals surface area contributed by atoms with Crippen molar-refractivity contribution in [2.45, 2.75) is 6.54 Å². The Hall–Kier alpha value is -2.06. The van der Waals surface area contributed by atoms with Crippen LogP contribution in [-0.4, -0.2) is 13.7 Å². The number of nitrogens with one attached hydrogen (secondary N) is 1. The first-order chi connectivity index (χ1) is 9.38. The standard InChI is InChI=1S/C17H19NO/c1-19-17-11-9-15(10-12-17)8-5-13-18-14-16-6-3-2-4-7-16/h2-12,18H,13-14H2,1H3/b8-5-. The van der Waals surface area contributed by atoms with Gasteiger partial charge in [0.1, 0.15) is 5.75 Å². The molecular formula is C17H19NO. The lowest BCUT2D eigenvalue weighted by Gasteiger charge is -2.01. The minimum atomic E-state index is 0.862. The van der Waals surface area contributed by atoms with Crippen molar-refractivity contribution in [3.8, 4) is 5.75 Å². The van der Waals surface area contributed by atoms with Gasteiger partial charge in [0.05, 0.1) is 7.11 Å². The first kappa shape index (κ1) is 13.4. The number of benzene rings is 2. The van der Waals surface area contributed by atoms with E-state index < -0.39 is 0 Å². The lowest BCUT2D eigenvalue weighted by Crippen LogP contribution is -2.12. The molecule has 98 valence electrons. The lowest BCUT2D eigenvalue weighted by atomic mass is 10.2. The van der Waals surface area contributed by atoms with Crippen LogP contribution in [-0.2, 0) is 6.54 Å². The monoisotopic (exact) mass is 253 g/mol. The van der Waals surface area contributed by atoms with E-state index in [9.17, 15) is 0 Å². The molecule has 0 fully saturated rings. The zero-order chi connectivity index (χ0) is 13.3. The summed E-state index contributed by atoms with van der Waals surface area (Å²) in [5, 5.41) is 3.38. The van der Waals surface area contributed by atoms with Gasteiger partial charge in [0.25, 0.3) is 0 Å². The summed E-state index contributed by atoms with van der Waals surface area (Å²) in [4.78, 5) is 0. The van der Waals surface area contributed by atoms with Gasteiger partial charge in [-0.3, -0.25) is 0 Å². The maximum Gasteiger partial charge on any atom is 0.118 e. The summed E-state index contributed by atoms with van der Waals surface area (Å²) in [6.45, 7) is 1.76. The maximum atomic E-state index is 5.12. The molecule has 0 aliphatic heterocycles. The molecule has 0 saturated heterocycles. The van der Waals surface area contributed by atoms with E-state index in [2.05, 4.69) is 41.7 Å². The Kier molecular flexibility index (Phi) is 5.20. The highest BCUT2D eigenvalue weighted by atomic mass is 16.5. The van der Waals surface area contributed by atoms with Gasteiger partial charge in [-0.2, -0.15) is 0 Å². The van der Waals surface area contributed by atoms with Crippen molar-refractivity contribution in [2.75, 3.05) is 13.7 Å². The van der Waals surface area contributed by atoms with Gasteiger partial charge in [0, 0.05) is 13.1 Å². The molecule has 2 nitrogen and oxygen atoms in total. The molecule has 2 aromatic rings. The van der Waals surface area contributed by atoms with Crippen LogP contribution in [0.1, 0.15) is 11.1 Å². The minimum Gasteiger partial charge on any atom is -0.497 e. The number of rotatable bonds is 6. The quantitative estimate of drug-likeness (QED) is 0.796. The molecule has 0 radical (unpaired) electrons. The van der Waals surface area contributed by atoms with Crippen LogP contribution in [0, 0.1) is 0 Å². The van der Waals surface area contributed by atoms with Crippen molar-refractivity contribution in [3.63, 3.8) is 0 Å². The Morgan fingerprint density at radius 2 is 1.74 bits per heavy atom. The summed E-state index contributed by atoms with van der Waals surface area (Å²) in [5.41, 5.74) is 2.49. The van der Waals surface area contributed by atoms with Gasteiger partial charge in [-0.25, -0.2) is 0 Å². The number of hydrogen-bond acceptors (Lipinski definition) is 2. The molecule has 2 heteroatoms. The molecule has 0 spiro atoms. The number of ether oxygens (including phenoxy) is 1. The Morgan fingerprint density at radius 3 is 2.42 bits per heavy atom. The smallest absolute Gasteiger partial charge is 0.118 e. The van der Waals surface area contributed by atoms with E-state index >= 15 is 0 Å². The predicted octanol–water partition coefficient (Wildman–Crippen LogP) is 3.50. The van der Waals surface area contributed by atoms with Gasteiger partial charge >= 0.3 is 0 Å². The first-order valence-electron chi connectivity index (χ1n) is 6.44. The van der Waals surface area contributed by atoms with Gasteiger partial charge < -0.3 is 10.1 Å². The minimum absolute atomic E-state index is 0.862. The van der Waals surface area contributed by atoms with Crippen molar-refractivity contribution in [1.82, 2.24) is 5.32 Å². The van der Waals surface area contributed by atoms with Gasteiger partial charge in [-0.05, 0) is 23.3 Å². The molecule has 2 aromatic carbocycles. The van der Waals surface area contributed by atoms with Crippen LogP contribution < -0.4 is 10.1 Å². The summed E-state index contributed by atoms with van der Waals surface area (Å²) in [6, 6.07) is 18.4. The largest absolute Gasteiger partial charge is 0.497 e. The third-order valence-corrected chi connectivity index (χ3v) is 2.86. The Bertz CT molecular complexity index is 503. The molecule has 0 aromatic heterocycles. The summed E-state index contributed by atoms with van der Waals surface area (Å²) < 4.78 is 5.12. The molecule has 1 N–H and O–H groups in total. The van der Waals surface area contributed by atoms with Crippen molar-refractivity contribution in [3.05, 3.63) is 71.8 Å². The van der Waals surface area contributed by atoms with Gasteiger partial charge in [-0.15, -0.1) is 0 Å². The second-order valence-electron chi connectivity index (χ2n) is 4.29. The zero-order valence-electron chi connectivity index (χ0n) is 11.2. The molecule has 0 bridgehead atoms. The SMILES string of the molecule is COc1ccc(/C=C\CNCc2ccccc2)cc1. The normalized spacial score (nSPS) is 10.8. The molecule has 0 amide bonds. The van der Waals surface area contributed by atoms with Gasteiger partial charge in [-0.1, -0.05) is 54.6 Å². The van der Waals surface area contributed by atoms with E-state index in [1.165, 1.54) is 11.1 Å². The van der Waals surface area contributed by atoms with Crippen LogP contribution in [0.4, 0.5) is 0 Å². The fraction of sp³-hybridized carbons (Fsp3) is 0.176. The average molecular weight is 253 g/mol. The Balaban J connectivity index is 1.74. The molecule has 0 aliphatic carbocycles. The highest BCUT2D eigenvalue weighted by Crippen LogP contribution is 2.11. The molecule has 0 unspecified atom stereocenters. The second-order valence-corrected chi connectivity index (χ2v) is 4.29. The molecule has 19 heavy (non-hydrogen) atoms. The van der Waals surface area contributed by atoms with Gasteiger partial charge in [0.15, 0.2) is 0 Å². The van der Waals surface area contributed by atoms with Crippen molar-refractivity contribution in [2.24, 2.45) is 0 Å². The topological polar surface area (TPSA) is 21.3 Å².